The molecule has 1 unspecified atom stereocenters. The SMILES string of the molecule is COc1ccc(OC)c(C(=O)CCC(=O)N2CCCC(c3nn(C)c4nccnc34)C2)c1. The number of aryl methyl sites for hydroxylation is 1. The number of ketones is 1. The van der Waals surface area contributed by atoms with E-state index in [1.54, 1.807) is 42.4 Å². The van der Waals surface area contributed by atoms with Gasteiger partial charge in [0.05, 0.1) is 25.5 Å². The molecule has 1 amide bonds. The largest absolute Gasteiger partial charge is 0.497 e. The number of aromatic nitrogens is 4. The molecule has 0 spiro atoms. The van der Waals surface area contributed by atoms with Crippen LogP contribution in [-0.2, 0) is 11.8 Å². The minimum Gasteiger partial charge on any atom is -0.497 e. The zero-order chi connectivity index (χ0) is 22.7. The van der Waals surface area contributed by atoms with E-state index in [4.69, 9.17) is 9.47 Å². The second kappa shape index (κ2) is 9.33. The Labute approximate surface area is 186 Å². The number of amides is 1. The zero-order valence-corrected chi connectivity index (χ0v) is 18.6. The molecule has 0 saturated carbocycles. The van der Waals surface area contributed by atoms with E-state index < -0.39 is 0 Å². The number of likely N-dealkylation sites (tertiary alicyclic amines) is 1. The fraction of sp³-hybridized carbons (Fsp3) is 0.435. The average molecular weight is 438 g/mol. The van der Waals surface area contributed by atoms with Gasteiger partial charge < -0.3 is 14.4 Å². The standard InChI is InChI=1S/C23H27N5O4/c1-27-23-22(24-10-11-25-23)21(26-27)15-5-4-12-28(14-15)20(30)9-7-18(29)17-13-16(31-2)6-8-19(17)32-3/h6,8,10-11,13,15H,4-5,7,9,12,14H2,1-3H3. The Balaban J connectivity index is 1.42. The summed E-state index contributed by atoms with van der Waals surface area (Å²) in [6, 6.07) is 5.08. The van der Waals surface area contributed by atoms with Gasteiger partial charge >= 0.3 is 0 Å². The second-order valence-corrected chi connectivity index (χ2v) is 7.91. The normalized spacial score (nSPS) is 16.2. The molecular formula is C23H27N5O4. The monoisotopic (exact) mass is 437 g/mol. The minimum atomic E-state index is -0.145. The maximum atomic E-state index is 12.9. The molecule has 0 aliphatic carbocycles. The molecule has 0 N–H and O–H groups in total. The highest BCUT2D eigenvalue weighted by atomic mass is 16.5. The van der Waals surface area contributed by atoms with Crippen LogP contribution in [0.3, 0.4) is 0 Å². The Morgan fingerprint density at radius 3 is 2.72 bits per heavy atom. The molecule has 0 bridgehead atoms. The quantitative estimate of drug-likeness (QED) is 0.524. The molecule has 1 aliphatic heterocycles. The van der Waals surface area contributed by atoms with Crippen LogP contribution in [0.5, 0.6) is 11.5 Å². The van der Waals surface area contributed by atoms with Gasteiger partial charge in [0.1, 0.15) is 17.0 Å². The fourth-order valence-corrected chi connectivity index (χ4v) is 4.25. The van der Waals surface area contributed by atoms with Crippen molar-refractivity contribution in [3.63, 3.8) is 0 Å². The number of hydrogen-bond acceptors (Lipinski definition) is 7. The predicted octanol–water partition coefficient (Wildman–Crippen LogP) is 2.75. The number of fused-ring (bicyclic) bond motifs is 1. The van der Waals surface area contributed by atoms with Gasteiger partial charge in [-0.05, 0) is 31.0 Å². The molecule has 1 aromatic carbocycles. The van der Waals surface area contributed by atoms with E-state index in [0.717, 1.165) is 29.7 Å². The lowest BCUT2D eigenvalue weighted by Gasteiger charge is -2.32. The highest BCUT2D eigenvalue weighted by Gasteiger charge is 2.29. The molecule has 9 heteroatoms. The van der Waals surface area contributed by atoms with E-state index in [-0.39, 0.29) is 30.4 Å². The van der Waals surface area contributed by atoms with Crippen LogP contribution in [0.4, 0.5) is 0 Å². The number of hydrogen-bond donors (Lipinski definition) is 0. The van der Waals surface area contributed by atoms with Gasteiger partial charge in [0.25, 0.3) is 0 Å². The summed E-state index contributed by atoms with van der Waals surface area (Å²) in [6.07, 6.45) is 5.39. The number of nitrogens with zero attached hydrogens (tertiary/aromatic N) is 5. The Morgan fingerprint density at radius 2 is 1.94 bits per heavy atom. The van der Waals surface area contributed by atoms with Crippen molar-refractivity contribution in [3.8, 4) is 11.5 Å². The molecule has 9 nitrogen and oxygen atoms in total. The van der Waals surface area contributed by atoms with Gasteiger partial charge in [-0.3, -0.25) is 9.59 Å². The molecule has 3 aromatic rings. The third-order valence-corrected chi connectivity index (χ3v) is 5.92. The van der Waals surface area contributed by atoms with Crippen molar-refractivity contribution in [2.45, 2.75) is 31.6 Å². The molecular weight excluding hydrogens is 410 g/mol. The van der Waals surface area contributed by atoms with E-state index in [2.05, 4.69) is 15.1 Å². The number of ether oxygens (including phenoxy) is 2. The maximum Gasteiger partial charge on any atom is 0.223 e. The van der Waals surface area contributed by atoms with Crippen LogP contribution in [0.2, 0.25) is 0 Å². The molecule has 3 heterocycles. The van der Waals surface area contributed by atoms with Crippen molar-refractivity contribution in [2.75, 3.05) is 27.3 Å². The summed E-state index contributed by atoms with van der Waals surface area (Å²) in [7, 11) is 4.91. The summed E-state index contributed by atoms with van der Waals surface area (Å²) in [5, 5.41) is 4.63. The molecule has 32 heavy (non-hydrogen) atoms. The number of methoxy groups -OCH3 is 2. The smallest absolute Gasteiger partial charge is 0.223 e. The topological polar surface area (TPSA) is 99.4 Å². The summed E-state index contributed by atoms with van der Waals surface area (Å²) in [4.78, 5) is 36.3. The van der Waals surface area contributed by atoms with Gasteiger partial charge in [0.15, 0.2) is 11.4 Å². The first-order valence-electron chi connectivity index (χ1n) is 10.7. The minimum absolute atomic E-state index is 0.0313. The van der Waals surface area contributed by atoms with Gasteiger partial charge in [-0.25, -0.2) is 14.6 Å². The summed E-state index contributed by atoms with van der Waals surface area (Å²) < 4.78 is 12.2. The van der Waals surface area contributed by atoms with Crippen LogP contribution in [0.25, 0.3) is 11.2 Å². The first-order chi connectivity index (χ1) is 15.5. The second-order valence-electron chi connectivity index (χ2n) is 7.91. The Hall–Kier alpha value is -3.49. The van der Waals surface area contributed by atoms with Crippen LogP contribution in [0, 0.1) is 0 Å². The summed E-state index contributed by atoms with van der Waals surface area (Å²) in [5.74, 6) is 0.974. The molecule has 0 radical (unpaired) electrons. The number of piperidine rings is 1. The number of benzene rings is 1. The van der Waals surface area contributed by atoms with E-state index >= 15 is 0 Å². The van der Waals surface area contributed by atoms with Gasteiger partial charge in [0.2, 0.25) is 5.91 Å². The molecule has 168 valence electrons. The Bertz CT molecular complexity index is 1140. The highest BCUT2D eigenvalue weighted by molar-refractivity contribution is 6.00. The number of carbonyl (C=O) groups excluding carboxylic acids is 2. The zero-order valence-electron chi connectivity index (χ0n) is 18.6. The van der Waals surface area contributed by atoms with Crippen LogP contribution in [0.1, 0.15) is 47.7 Å². The van der Waals surface area contributed by atoms with Crippen molar-refractivity contribution >= 4 is 22.9 Å². The van der Waals surface area contributed by atoms with E-state index in [0.29, 0.717) is 30.2 Å². The van der Waals surface area contributed by atoms with Crippen molar-refractivity contribution in [1.82, 2.24) is 24.6 Å². The molecule has 1 fully saturated rings. The Kier molecular flexibility index (Phi) is 6.34. The van der Waals surface area contributed by atoms with Crippen LogP contribution < -0.4 is 9.47 Å². The lowest BCUT2D eigenvalue weighted by atomic mass is 9.94. The van der Waals surface area contributed by atoms with Gasteiger partial charge in [-0.1, -0.05) is 0 Å². The third kappa shape index (κ3) is 4.28. The van der Waals surface area contributed by atoms with Gasteiger partial charge in [-0.2, -0.15) is 5.10 Å². The first kappa shape index (κ1) is 21.7. The summed E-state index contributed by atoms with van der Waals surface area (Å²) >= 11 is 0. The molecule has 1 atom stereocenters. The molecule has 1 saturated heterocycles. The summed E-state index contributed by atoms with van der Waals surface area (Å²) in [6.45, 7) is 1.25. The number of Topliss-reactive ketones (excluding diaryl/α,β-unsaturated/α-hetero) is 1. The van der Waals surface area contributed by atoms with Crippen LogP contribution in [-0.4, -0.2) is 63.6 Å². The number of rotatable bonds is 7. The third-order valence-electron chi connectivity index (χ3n) is 5.92. The van der Waals surface area contributed by atoms with Crippen LogP contribution in [0.15, 0.2) is 30.6 Å². The highest BCUT2D eigenvalue weighted by Crippen LogP contribution is 2.30. The maximum absolute atomic E-state index is 12.9. The molecule has 4 rings (SSSR count). The Morgan fingerprint density at radius 1 is 1.12 bits per heavy atom. The summed E-state index contributed by atoms with van der Waals surface area (Å²) in [5.41, 5.74) is 2.83. The number of carbonyl (C=O) groups is 2. The van der Waals surface area contributed by atoms with Crippen molar-refractivity contribution in [2.24, 2.45) is 7.05 Å². The average Bonchev–Trinajstić information content (AvgIpc) is 3.18. The molecule has 2 aromatic heterocycles. The lowest BCUT2D eigenvalue weighted by Crippen LogP contribution is -2.39. The lowest BCUT2D eigenvalue weighted by molar-refractivity contribution is -0.132. The van der Waals surface area contributed by atoms with Crippen LogP contribution >= 0.6 is 0 Å². The first-order valence-corrected chi connectivity index (χ1v) is 10.7. The van der Waals surface area contributed by atoms with E-state index in [1.807, 2.05) is 11.9 Å². The predicted molar refractivity (Wildman–Crippen MR) is 118 cm³/mol. The molecule has 1 aliphatic rings. The van der Waals surface area contributed by atoms with Crippen molar-refractivity contribution in [1.29, 1.82) is 0 Å². The van der Waals surface area contributed by atoms with Crippen molar-refractivity contribution in [3.05, 3.63) is 41.9 Å². The fourth-order valence-electron chi connectivity index (χ4n) is 4.25. The van der Waals surface area contributed by atoms with E-state index in [9.17, 15) is 9.59 Å². The van der Waals surface area contributed by atoms with E-state index in [1.165, 1.54) is 7.11 Å². The van der Waals surface area contributed by atoms with Crippen molar-refractivity contribution < 1.29 is 19.1 Å². The van der Waals surface area contributed by atoms with Gasteiger partial charge in [-0.15, -0.1) is 0 Å². The van der Waals surface area contributed by atoms with Gasteiger partial charge in [0, 0.05) is 51.3 Å².